The summed E-state index contributed by atoms with van der Waals surface area (Å²) in [5.41, 5.74) is 2.12. The Morgan fingerprint density at radius 2 is 2.00 bits per heavy atom. The van der Waals surface area contributed by atoms with Crippen LogP contribution in [0.1, 0.15) is 16.1 Å². The fourth-order valence-corrected chi connectivity index (χ4v) is 2.80. The predicted octanol–water partition coefficient (Wildman–Crippen LogP) is 3.48. The second kappa shape index (κ2) is 8.44. The van der Waals surface area contributed by atoms with Crippen LogP contribution in [-0.2, 0) is 6.54 Å². The highest BCUT2D eigenvalue weighted by Crippen LogP contribution is 2.18. The number of carbonyl (C=O) groups is 1. The number of nitrogens with zero attached hydrogens (tertiary/aromatic N) is 4. The van der Waals surface area contributed by atoms with Gasteiger partial charge in [-0.1, -0.05) is 6.07 Å². The molecule has 0 aliphatic heterocycles. The third kappa shape index (κ3) is 4.58. The summed E-state index contributed by atoms with van der Waals surface area (Å²) in [6.07, 6.45) is 6.96. The van der Waals surface area contributed by atoms with Crippen molar-refractivity contribution in [3.8, 4) is 0 Å². The van der Waals surface area contributed by atoms with Gasteiger partial charge in [-0.15, -0.1) is 11.8 Å². The molecule has 0 aliphatic carbocycles. The van der Waals surface area contributed by atoms with Gasteiger partial charge in [-0.2, -0.15) is 0 Å². The van der Waals surface area contributed by atoms with Gasteiger partial charge < -0.3 is 10.2 Å². The number of pyridine rings is 1. The van der Waals surface area contributed by atoms with Gasteiger partial charge in [0.1, 0.15) is 17.8 Å². The molecule has 132 valence electrons. The molecule has 0 bridgehead atoms. The highest BCUT2D eigenvalue weighted by molar-refractivity contribution is 7.98. The molecule has 1 amide bonds. The van der Waals surface area contributed by atoms with Crippen LogP contribution in [0.25, 0.3) is 0 Å². The molecule has 0 atom stereocenters. The van der Waals surface area contributed by atoms with E-state index in [-0.39, 0.29) is 5.91 Å². The number of nitrogens with one attached hydrogen (secondary N) is 1. The molecule has 6 nitrogen and oxygen atoms in total. The molecule has 0 aliphatic rings. The lowest BCUT2D eigenvalue weighted by Crippen LogP contribution is -2.20. The summed E-state index contributed by atoms with van der Waals surface area (Å²) in [5, 5.41) is 2.86. The van der Waals surface area contributed by atoms with Crippen molar-refractivity contribution in [3.05, 3.63) is 72.4 Å². The number of benzene rings is 1. The molecule has 0 fully saturated rings. The lowest BCUT2D eigenvalue weighted by atomic mass is 10.2. The van der Waals surface area contributed by atoms with Crippen LogP contribution in [0.15, 0.2) is 66.1 Å². The summed E-state index contributed by atoms with van der Waals surface area (Å²) in [6.45, 7) is 0.641. The van der Waals surface area contributed by atoms with Gasteiger partial charge in [0, 0.05) is 42.6 Å². The summed E-state index contributed by atoms with van der Waals surface area (Å²) >= 11 is 1.66. The molecular weight excluding hydrogens is 346 g/mol. The number of amides is 1. The van der Waals surface area contributed by atoms with Crippen LogP contribution >= 0.6 is 11.8 Å². The zero-order valence-corrected chi connectivity index (χ0v) is 15.4. The third-order valence-corrected chi connectivity index (χ3v) is 4.51. The molecule has 0 spiro atoms. The second-order valence-corrected chi connectivity index (χ2v) is 6.54. The lowest BCUT2D eigenvalue weighted by molar-refractivity contribution is 0.102. The van der Waals surface area contributed by atoms with Gasteiger partial charge in [-0.25, -0.2) is 9.97 Å². The standard InChI is InChI=1S/C19H19N5OS/c1-24(12-14-4-3-9-20-11-14)18-10-17(21-13-22-18)19(25)23-15-5-7-16(26-2)8-6-15/h3-11,13H,12H2,1-2H3,(H,23,25). The Hall–Kier alpha value is -2.93. The van der Waals surface area contributed by atoms with Crippen molar-refractivity contribution in [3.63, 3.8) is 0 Å². The topological polar surface area (TPSA) is 71.0 Å². The Kier molecular flexibility index (Phi) is 5.80. The Morgan fingerprint density at radius 3 is 2.69 bits per heavy atom. The van der Waals surface area contributed by atoms with Crippen LogP contribution in [0.2, 0.25) is 0 Å². The molecule has 3 aromatic rings. The van der Waals surface area contributed by atoms with E-state index in [0.717, 1.165) is 16.1 Å². The van der Waals surface area contributed by atoms with E-state index in [2.05, 4.69) is 20.3 Å². The minimum Gasteiger partial charge on any atom is -0.355 e. The van der Waals surface area contributed by atoms with Crippen LogP contribution in [0, 0.1) is 0 Å². The number of hydrogen-bond acceptors (Lipinski definition) is 6. The number of thioether (sulfide) groups is 1. The van der Waals surface area contributed by atoms with E-state index in [0.29, 0.717) is 18.1 Å². The molecule has 7 heteroatoms. The molecule has 2 aromatic heterocycles. The first-order valence-electron chi connectivity index (χ1n) is 8.03. The largest absolute Gasteiger partial charge is 0.355 e. The van der Waals surface area contributed by atoms with Crippen LogP contribution < -0.4 is 10.2 Å². The molecular formula is C19H19N5OS. The average molecular weight is 365 g/mol. The van der Waals surface area contributed by atoms with Crippen LogP contribution in [0.3, 0.4) is 0 Å². The van der Waals surface area contributed by atoms with Crippen molar-refractivity contribution in [1.29, 1.82) is 0 Å². The van der Waals surface area contributed by atoms with E-state index in [1.54, 1.807) is 24.0 Å². The van der Waals surface area contributed by atoms with Crippen LogP contribution in [0.5, 0.6) is 0 Å². The number of carbonyl (C=O) groups excluding carboxylic acids is 1. The maximum atomic E-state index is 12.5. The zero-order chi connectivity index (χ0) is 18.4. The first-order valence-corrected chi connectivity index (χ1v) is 9.25. The summed E-state index contributed by atoms with van der Waals surface area (Å²) < 4.78 is 0. The Morgan fingerprint density at radius 1 is 1.19 bits per heavy atom. The first kappa shape index (κ1) is 17.9. The van der Waals surface area contributed by atoms with Gasteiger partial charge in [-0.05, 0) is 42.2 Å². The molecule has 0 radical (unpaired) electrons. The molecule has 0 saturated heterocycles. The number of anilines is 2. The number of rotatable bonds is 6. The van der Waals surface area contributed by atoms with Crippen molar-refractivity contribution in [1.82, 2.24) is 15.0 Å². The number of aromatic nitrogens is 3. The van der Waals surface area contributed by atoms with Crippen molar-refractivity contribution in [2.24, 2.45) is 0 Å². The van der Waals surface area contributed by atoms with Crippen molar-refractivity contribution < 1.29 is 4.79 Å². The summed E-state index contributed by atoms with van der Waals surface area (Å²) in [4.78, 5) is 28.0. The molecule has 2 heterocycles. The zero-order valence-electron chi connectivity index (χ0n) is 14.6. The van der Waals surface area contributed by atoms with Gasteiger partial charge in [0.25, 0.3) is 5.91 Å². The molecule has 0 saturated carbocycles. The van der Waals surface area contributed by atoms with Crippen LogP contribution in [0.4, 0.5) is 11.5 Å². The van der Waals surface area contributed by atoms with E-state index in [1.807, 2.05) is 60.8 Å². The molecule has 26 heavy (non-hydrogen) atoms. The summed E-state index contributed by atoms with van der Waals surface area (Å²) in [7, 11) is 1.91. The van der Waals surface area contributed by atoms with E-state index in [9.17, 15) is 4.79 Å². The van der Waals surface area contributed by atoms with Gasteiger partial charge in [-0.3, -0.25) is 9.78 Å². The van der Waals surface area contributed by atoms with Gasteiger partial charge in [0.15, 0.2) is 0 Å². The highest BCUT2D eigenvalue weighted by Gasteiger charge is 2.11. The third-order valence-electron chi connectivity index (χ3n) is 3.77. The van der Waals surface area contributed by atoms with E-state index in [4.69, 9.17) is 0 Å². The fraction of sp³-hybridized carbons (Fsp3) is 0.158. The monoisotopic (exact) mass is 365 g/mol. The van der Waals surface area contributed by atoms with Gasteiger partial charge in [0.2, 0.25) is 0 Å². The summed E-state index contributed by atoms with van der Waals surface area (Å²) in [6, 6.07) is 13.3. The molecule has 3 rings (SSSR count). The molecule has 1 N–H and O–H groups in total. The SMILES string of the molecule is CSc1ccc(NC(=O)c2cc(N(C)Cc3cccnc3)ncn2)cc1. The maximum absolute atomic E-state index is 12.5. The van der Waals surface area contributed by atoms with Gasteiger partial charge >= 0.3 is 0 Å². The van der Waals surface area contributed by atoms with Gasteiger partial charge in [0.05, 0.1) is 0 Å². The molecule has 0 unspecified atom stereocenters. The van der Waals surface area contributed by atoms with E-state index in [1.165, 1.54) is 6.33 Å². The first-order chi connectivity index (χ1) is 12.7. The Labute approximate surface area is 156 Å². The second-order valence-electron chi connectivity index (χ2n) is 5.66. The van der Waals surface area contributed by atoms with Crippen molar-refractivity contribution >= 4 is 29.2 Å². The summed E-state index contributed by atoms with van der Waals surface area (Å²) in [5.74, 6) is 0.409. The minimum atomic E-state index is -0.264. The van der Waals surface area contributed by atoms with Crippen LogP contribution in [-0.4, -0.2) is 34.2 Å². The fourth-order valence-electron chi connectivity index (χ4n) is 2.40. The molecule has 1 aromatic carbocycles. The quantitative estimate of drug-likeness (QED) is 0.675. The maximum Gasteiger partial charge on any atom is 0.274 e. The Bertz CT molecular complexity index is 871. The smallest absolute Gasteiger partial charge is 0.274 e. The van der Waals surface area contributed by atoms with Crippen molar-refractivity contribution in [2.75, 3.05) is 23.5 Å². The predicted molar refractivity (Wildman–Crippen MR) is 105 cm³/mol. The Balaban J connectivity index is 1.70. The highest BCUT2D eigenvalue weighted by atomic mass is 32.2. The normalized spacial score (nSPS) is 10.4. The minimum absolute atomic E-state index is 0.264. The van der Waals surface area contributed by atoms with E-state index >= 15 is 0 Å². The van der Waals surface area contributed by atoms with E-state index < -0.39 is 0 Å². The number of hydrogen-bond donors (Lipinski definition) is 1. The lowest BCUT2D eigenvalue weighted by Gasteiger charge is -2.18. The van der Waals surface area contributed by atoms with Crippen molar-refractivity contribution in [2.45, 2.75) is 11.4 Å². The average Bonchev–Trinajstić information content (AvgIpc) is 2.69.